The quantitative estimate of drug-likeness (QED) is 0.819. The zero-order valence-electron chi connectivity index (χ0n) is 9.93. The molecule has 0 amide bonds. The summed E-state index contributed by atoms with van der Waals surface area (Å²) in [4.78, 5) is 4.26. The number of benzene rings is 1. The summed E-state index contributed by atoms with van der Waals surface area (Å²) in [6, 6.07) is 5.67. The average molecular weight is 233 g/mol. The third-order valence-electron chi connectivity index (χ3n) is 2.42. The van der Waals surface area contributed by atoms with E-state index in [0.29, 0.717) is 30.6 Å². The number of nitrogens with zero attached hydrogens (tertiary/aromatic N) is 2. The van der Waals surface area contributed by atoms with Gasteiger partial charge in [-0.15, -0.1) is 0 Å². The van der Waals surface area contributed by atoms with Crippen LogP contribution in [0.3, 0.4) is 0 Å². The number of rotatable bonds is 4. The van der Waals surface area contributed by atoms with E-state index in [1.165, 1.54) is 0 Å². The molecular formula is C12H15N3O2. The van der Waals surface area contributed by atoms with E-state index in [-0.39, 0.29) is 0 Å². The number of hydrogen-bond acceptors (Lipinski definition) is 5. The first-order chi connectivity index (χ1) is 8.22. The van der Waals surface area contributed by atoms with Crippen molar-refractivity contribution in [1.29, 1.82) is 0 Å². The fourth-order valence-electron chi connectivity index (χ4n) is 1.59. The molecule has 1 heterocycles. The van der Waals surface area contributed by atoms with Crippen molar-refractivity contribution >= 4 is 5.69 Å². The Hall–Kier alpha value is -1.88. The molecular weight excluding hydrogens is 218 g/mol. The fourth-order valence-corrected chi connectivity index (χ4v) is 1.59. The molecule has 1 aromatic heterocycles. The van der Waals surface area contributed by atoms with Gasteiger partial charge in [-0.25, -0.2) is 0 Å². The monoisotopic (exact) mass is 233 g/mol. The highest BCUT2D eigenvalue weighted by Gasteiger charge is 2.13. The Morgan fingerprint density at radius 3 is 2.94 bits per heavy atom. The summed E-state index contributed by atoms with van der Waals surface area (Å²) in [7, 11) is 0. The van der Waals surface area contributed by atoms with Gasteiger partial charge in [0.2, 0.25) is 0 Å². The second-order valence-electron chi connectivity index (χ2n) is 3.69. The minimum Gasteiger partial charge on any atom is -0.398 e. The van der Waals surface area contributed by atoms with Crippen molar-refractivity contribution in [3.63, 3.8) is 0 Å². The molecule has 2 aromatic rings. The number of aryl methyl sites for hydroxylation is 1. The Labute approximate surface area is 99.6 Å². The van der Waals surface area contributed by atoms with Crippen LogP contribution in [0.1, 0.15) is 18.3 Å². The van der Waals surface area contributed by atoms with Gasteiger partial charge in [0, 0.05) is 12.3 Å². The highest BCUT2D eigenvalue weighted by atomic mass is 16.5. The summed E-state index contributed by atoms with van der Waals surface area (Å²) >= 11 is 0. The first-order valence-electron chi connectivity index (χ1n) is 5.48. The molecule has 5 nitrogen and oxygen atoms in total. The highest BCUT2D eigenvalue weighted by Crippen LogP contribution is 2.27. The number of aromatic nitrogens is 2. The van der Waals surface area contributed by atoms with Crippen molar-refractivity contribution in [2.75, 3.05) is 12.3 Å². The molecule has 2 rings (SSSR count). The lowest BCUT2D eigenvalue weighted by molar-refractivity contribution is 0.126. The molecule has 0 aliphatic heterocycles. The largest absolute Gasteiger partial charge is 0.398 e. The molecule has 5 heteroatoms. The second kappa shape index (κ2) is 4.97. The molecule has 90 valence electrons. The Bertz CT molecular complexity index is 488. The van der Waals surface area contributed by atoms with Gasteiger partial charge in [-0.3, -0.25) is 0 Å². The smallest absolute Gasteiger partial charge is 0.260 e. The van der Waals surface area contributed by atoms with Crippen LogP contribution in [-0.4, -0.2) is 16.7 Å². The van der Waals surface area contributed by atoms with Gasteiger partial charge in [0.1, 0.15) is 6.61 Å². The van der Waals surface area contributed by atoms with Crippen LogP contribution < -0.4 is 5.73 Å². The van der Waals surface area contributed by atoms with E-state index in [2.05, 4.69) is 10.1 Å². The van der Waals surface area contributed by atoms with Crippen molar-refractivity contribution in [1.82, 2.24) is 10.1 Å². The summed E-state index contributed by atoms with van der Waals surface area (Å²) in [6.45, 7) is 4.85. The molecule has 0 radical (unpaired) electrons. The first kappa shape index (κ1) is 11.6. The molecule has 0 unspecified atom stereocenters. The van der Waals surface area contributed by atoms with Crippen LogP contribution >= 0.6 is 0 Å². The number of hydrogen-bond donors (Lipinski definition) is 1. The Balaban J connectivity index is 2.30. The number of nitrogen functional groups attached to an aromatic ring is 1. The Kier molecular flexibility index (Phi) is 3.39. The lowest BCUT2D eigenvalue weighted by Gasteiger charge is -2.03. The van der Waals surface area contributed by atoms with Gasteiger partial charge in [0.05, 0.1) is 5.56 Å². The molecule has 0 aliphatic carbocycles. The average Bonchev–Trinajstić information content (AvgIpc) is 2.75. The van der Waals surface area contributed by atoms with Crippen LogP contribution in [0, 0.1) is 6.92 Å². The van der Waals surface area contributed by atoms with Gasteiger partial charge >= 0.3 is 0 Å². The molecule has 0 spiro atoms. The summed E-state index contributed by atoms with van der Waals surface area (Å²) < 4.78 is 10.4. The van der Waals surface area contributed by atoms with Gasteiger partial charge in [0.15, 0.2) is 5.82 Å². The van der Waals surface area contributed by atoms with E-state index in [1.54, 1.807) is 0 Å². The van der Waals surface area contributed by atoms with Gasteiger partial charge in [0.25, 0.3) is 5.89 Å². The van der Waals surface area contributed by atoms with Gasteiger partial charge in [-0.05, 0) is 25.5 Å². The molecule has 1 aromatic carbocycles. The van der Waals surface area contributed by atoms with E-state index < -0.39 is 0 Å². The number of ether oxygens (including phenoxy) is 1. The first-order valence-corrected chi connectivity index (χ1v) is 5.48. The molecule has 0 aliphatic rings. The van der Waals surface area contributed by atoms with Gasteiger partial charge in [-0.2, -0.15) is 4.98 Å². The van der Waals surface area contributed by atoms with Crippen LogP contribution in [0.4, 0.5) is 5.69 Å². The van der Waals surface area contributed by atoms with Crippen LogP contribution in [0.25, 0.3) is 11.5 Å². The third-order valence-corrected chi connectivity index (χ3v) is 2.42. The Morgan fingerprint density at radius 2 is 2.24 bits per heavy atom. The van der Waals surface area contributed by atoms with Crippen LogP contribution in [0.15, 0.2) is 22.7 Å². The highest BCUT2D eigenvalue weighted by molar-refractivity contribution is 5.73. The van der Waals surface area contributed by atoms with Crippen LogP contribution in [0.2, 0.25) is 0 Å². The van der Waals surface area contributed by atoms with Crippen molar-refractivity contribution < 1.29 is 9.26 Å². The van der Waals surface area contributed by atoms with E-state index in [9.17, 15) is 0 Å². The van der Waals surface area contributed by atoms with E-state index >= 15 is 0 Å². The molecule has 0 bridgehead atoms. The normalized spacial score (nSPS) is 10.7. The predicted molar refractivity (Wildman–Crippen MR) is 64.2 cm³/mol. The zero-order chi connectivity index (χ0) is 12.3. The summed E-state index contributed by atoms with van der Waals surface area (Å²) in [5, 5.41) is 3.85. The summed E-state index contributed by atoms with van der Waals surface area (Å²) in [6.07, 6.45) is 0. The molecule has 2 N–H and O–H groups in total. The van der Waals surface area contributed by atoms with Crippen LogP contribution in [0.5, 0.6) is 0 Å². The van der Waals surface area contributed by atoms with Crippen molar-refractivity contribution in [3.05, 3.63) is 29.6 Å². The fraction of sp³-hybridized carbons (Fsp3) is 0.333. The summed E-state index contributed by atoms with van der Waals surface area (Å²) in [5.41, 5.74) is 8.34. The predicted octanol–water partition coefficient (Wildman–Crippen LogP) is 2.16. The minimum absolute atomic E-state index is 0.353. The standard InChI is InChI=1S/C12H15N3O2/c1-3-16-7-10-14-12(17-15-10)11-8(2)5-4-6-9(11)13/h4-6H,3,7,13H2,1-2H3. The lowest BCUT2D eigenvalue weighted by atomic mass is 10.1. The molecule has 0 atom stereocenters. The minimum atomic E-state index is 0.353. The van der Waals surface area contributed by atoms with E-state index in [1.807, 2.05) is 32.0 Å². The number of nitrogens with two attached hydrogens (primary N) is 1. The lowest BCUT2D eigenvalue weighted by Crippen LogP contribution is -1.95. The Morgan fingerprint density at radius 1 is 1.41 bits per heavy atom. The molecule has 0 saturated carbocycles. The van der Waals surface area contributed by atoms with E-state index in [4.69, 9.17) is 15.0 Å². The topological polar surface area (TPSA) is 74.2 Å². The van der Waals surface area contributed by atoms with Crippen molar-refractivity contribution in [2.24, 2.45) is 0 Å². The second-order valence-corrected chi connectivity index (χ2v) is 3.69. The maximum atomic E-state index is 5.90. The summed E-state index contributed by atoms with van der Waals surface area (Å²) in [5.74, 6) is 0.972. The molecule has 17 heavy (non-hydrogen) atoms. The van der Waals surface area contributed by atoms with Crippen molar-refractivity contribution in [3.8, 4) is 11.5 Å². The molecule has 0 saturated heterocycles. The van der Waals surface area contributed by atoms with Crippen LogP contribution in [-0.2, 0) is 11.3 Å². The van der Waals surface area contributed by atoms with Gasteiger partial charge < -0.3 is 15.0 Å². The van der Waals surface area contributed by atoms with E-state index in [0.717, 1.165) is 11.1 Å². The zero-order valence-corrected chi connectivity index (χ0v) is 9.93. The van der Waals surface area contributed by atoms with Crippen molar-refractivity contribution in [2.45, 2.75) is 20.5 Å². The molecule has 0 fully saturated rings. The maximum absolute atomic E-state index is 5.90. The SMILES string of the molecule is CCOCc1noc(-c2c(C)cccc2N)n1. The number of anilines is 1. The third kappa shape index (κ3) is 2.45. The van der Waals surface area contributed by atoms with Gasteiger partial charge in [-0.1, -0.05) is 17.3 Å². The maximum Gasteiger partial charge on any atom is 0.260 e.